The van der Waals surface area contributed by atoms with Gasteiger partial charge in [-0.1, -0.05) is 29.5 Å². The first-order valence-electron chi connectivity index (χ1n) is 7.98. The molecule has 0 aliphatic rings. The molecule has 3 rings (SSSR count). The Morgan fingerprint density at radius 1 is 1.36 bits per heavy atom. The molecule has 2 aromatic heterocycles. The third-order valence-corrected chi connectivity index (χ3v) is 4.75. The number of aromatic nitrogens is 3. The lowest BCUT2D eigenvalue weighted by molar-refractivity contribution is -0.119. The van der Waals surface area contributed by atoms with Crippen LogP contribution in [0.5, 0.6) is 0 Å². The first-order chi connectivity index (χ1) is 12.0. The molecule has 3 aromatic rings. The van der Waals surface area contributed by atoms with Gasteiger partial charge in [-0.15, -0.1) is 10.2 Å². The molecular formula is C18H20N4O2S. The molecule has 6 nitrogen and oxygen atoms in total. The summed E-state index contributed by atoms with van der Waals surface area (Å²) >= 11 is 1.36. The molecule has 0 aliphatic carbocycles. The molecule has 7 heteroatoms. The van der Waals surface area contributed by atoms with Gasteiger partial charge in [0, 0.05) is 0 Å². The van der Waals surface area contributed by atoms with E-state index in [-0.39, 0.29) is 17.7 Å². The summed E-state index contributed by atoms with van der Waals surface area (Å²) in [5.74, 6) is 0.912. The van der Waals surface area contributed by atoms with Crippen molar-refractivity contribution in [3.8, 4) is 5.69 Å². The Labute approximate surface area is 150 Å². The Morgan fingerprint density at radius 3 is 2.92 bits per heavy atom. The highest BCUT2D eigenvalue weighted by Gasteiger charge is 2.15. The first-order valence-corrected chi connectivity index (χ1v) is 8.96. The van der Waals surface area contributed by atoms with Crippen molar-refractivity contribution < 1.29 is 9.21 Å². The van der Waals surface area contributed by atoms with Gasteiger partial charge >= 0.3 is 0 Å². The molecule has 1 atom stereocenters. The zero-order valence-electron chi connectivity index (χ0n) is 14.4. The van der Waals surface area contributed by atoms with Crippen molar-refractivity contribution in [3.63, 3.8) is 0 Å². The average molecular weight is 356 g/mol. The van der Waals surface area contributed by atoms with Gasteiger partial charge < -0.3 is 9.73 Å². The fourth-order valence-corrected chi connectivity index (χ4v) is 3.32. The maximum atomic E-state index is 12.2. The maximum Gasteiger partial charge on any atom is 0.231 e. The molecule has 0 saturated carbocycles. The molecule has 0 radical (unpaired) electrons. The highest BCUT2D eigenvalue weighted by Crippen LogP contribution is 2.22. The van der Waals surface area contributed by atoms with Crippen LogP contribution in [0, 0.1) is 13.8 Å². The van der Waals surface area contributed by atoms with Crippen molar-refractivity contribution in [1.29, 1.82) is 0 Å². The van der Waals surface area contributed by atoms with E-state index in [9.17, 15) is 4.79 Å². The van der Waals surface area contributed by atoms with Gasteiger partial charge in [0.15, 0.2) is 5.16 Å². The van der Waals surface area contributed by atoms with Crippen molar-refractivity contribution >= 4 is 17.7 Å². The van der Waals surface area contributed by atoms with Gasteiger partial charge in [0.2, 0.25) is 5.91 Å². The van der Waals surface area contributed by atoms with Gasteiger partial charge in [0.05, 0.1) is 23.7 Å². The summed E-state index contributed by atoms with van der Waals surface area (Å²) in [4.78, 5) is 12.2. The molecule has 130 valence electrons. The van der Waals surface area contributed by atoms with Crippen molar-refractivity contribution in [2.24, 2.45) is 0 Å². The average Bonchev–Trinajstić information content (AvgIpc) is 3.25. The van der Waals surface area contributed by atoms with Gasteiger partial charge in [-0.25, -0.2) is 0 Å². The van der Waals surface area contributed by atoms with E-state index in [0.717, 1.165) is 17.0 Å². The van der Waals surface area contributed by atoms with Crippen LogP contribution in [0.15, 0.2) is 52.5 Å². The number of aryl methyl sites for hydroxylation is 2. The van der Waals surface area contributed by atoms with Crippen LogP contribution in [-0.2, 0) is 4.79 Å². The van der Waals surface area contributed by atoms with E-state index in [4.69, 9.17) is 4.42 Å². The molecule has 0 fully saturated rings. The van der Waals surface area contributed by atoms with E-state index in [1.165, 1.54) is 17.3 Å². The predicted molar refractivity (Wildman–Crippen MR) is 96.8 cm³/mol. The minimum Gasteiger partial charge on any atom is -0.467 e. The molecule has 0 saturated heterocycles. The molecule has 0 aliphatic heterocycles. The number of thioether (sulfide) groups is 1. The molecule has 1 unspecified atom stereocenters. The monoisotopic (exact) mass is 356 g/mol. The van der Waals surface area contributed by atoms with E-state index in [2.05, 4.69) is 41.5 Å². The van der Waals surface area contributed by atoms with Gasteiger partial charge in [0.1, 0.15) is 12.1 Å². The summed E-state index contributed by atoms with van der Waals surface area (Å²) in [6.07, 6.45) is 3.27. The summed E-state index contributed by atoms with van der Waals surface area (Å²) in [6, 6.07) is 9.68. The second-order valence-corrected chi connectivity index (χ2v) is 6.81. The van der Waals surface area contributed by atoms with Crippen LogP contribution in [0.3, 0.4) is 0 Å². The minimum absolute atomic E-state index is 0.0796. The highest BCUT2D eigenvalue weighted by molar-refractivity contribution is 7.99. The number of rotatable bonds is 6. The van der Waals surface area contributed by atoms with Crippen molar-refractivity contribution in [3.05, 3.63) is 59.8 Å². The lowest BCUT2D eigenvalue weighted by Crippen LogP contribution is -2.28. The van der Waals surface area contributed by atoms with Crippen molar-refractivity contribution in [2.75, 3.05) is 5.75 Å². The van der Waals surface area contributed by atoms with Gasteiger partial charge in [0.25, 0.3) is 0 Å². The normalized spacial score (nSPS) is 12.1. The SMILES string of the molecule is Cc1ccc(-n2cnnc2SCC(=O)NC(C)c2ccco2)c(C)c1. The van der Waals surface area contributed by atoms with Gasteiger partial charge in [-0.2, -0.15) is 0 Å². The summed E-state index contributed by atoms with van der Waals surface area (Å²) in [5.41, 5.74) is 3.36. The fraction of sp³-hybridized carbons (Fsp3) is 0.278. The third-order valence-electron chi connectivity index (χ3n) is 3.81. The zero-order valence-corrected chi connectivity index (χ0v) is 15.2. The van der Waals surface area contributed by atoms with Crippen LogP contribution in [0.1, 0.15) is 29.9 Å². The predicted octanol–water partition coefficient (Wildman–Crippen LogP) is 3.45. The summed E-state index contributed by atoms with van der Waals surface area (Å²) in [7, 11) is 0. The Bertz CT molecular complexity index is 858. The third kappa shape index (κ3) is 4.11. The molecule has 1 amide bonds. The second kappa shape index (κ2) is 7.57. The fourth-order valence-electron chi connectivity index (χ4n) is 2.59. The number of hydrogen-bond donors (Lipinski definition) is 1. The number of nitrogens with one attached hydrogen (secondary N) is 1. The van der Waals surface area contributed by atoms with Crippen LogP contribution in [-0.4, -0.2) is 26.4 Å². The Hall–Kier alpha value is -2.54. The molecule has 25 heavy (non-hydrogen) atoms. The summed E-state index contributed by atoms with van der Waals surface area (Å²) in [5, 5.41) is 11.7. The Balaban J connectivity index is 1.64. The molecule has 0 bridgehead atoms. The number of furan rings is 1. The van der Waals surface area contributed by atoms with Crippen molar-refractivity contribution in [1.82, 2.24) is 20.1 Å². The minimum atomic E-state index is -0.166. The van der Waals surface area contributed by atoms with E-state index in [1.54, 1.807) is 18.7 Å². The molecular weight excluding hydrogens is 336 g/mol. The molecule has 0 spiro atoms. The number of amides is 1. The number of benzene rings is 1. The number of hydrogen-bond acceptors (Lipinski definition) is 5. The highest BCUT2D eigenvalue weighted by atomic mass is 32.2. The summed E-state index contributed by atoms with van der Waals surface area (Å²) in [6.45, 7) is 6.00. The van der Waals surface area contributed by atoms with Gasteiger partial charge in [-0.3, -0.25) is 9.36 Å². The maximum absolute atomic E-state index is 12.2. The first kappa shape index (κ1) is 17.3. The molecule has 2 heterocycles. The Morgan fingerprint density at radius 2 is 2.20 bits per heavy atom. The number of carbonyl (C=O) groups is 1. The van der Waals surface area contributed by atoms with E-state index < -0.39 is 0 Å². The van der Waals surface area contributed by atoms with E-state index >= 15 is 0 Å². The lowest BCUT2D eigenvalue weighted by Gasteiger charge is -2.12. The second-order valence-electron chi connectivity index (χ2n) is 5.87. The zero-order chi connectivity index (χ0) is 17.8. The molecule has 1 N–H and O–H groups in total. The van der Waals surface area contributed by atoms with Crippen LogP contribution in [0.2, 0.25) is 0 Å². The smallest absolute Gasteiger partial charge is 0.231 e. The van der Waals surface area contributed by atoms with E-state index in [0.29, 0.717) is 5.16 Å². The number of carbonyl (C=O) groups excluding carboxylic acids is 1. The summed E-state index contributed by atoms with van der Waals surface area (Å²) < 4.78 is 7.20. The van der Waals surface area contributed by atoms with Crippen LogP contribution in [0.4, 0.5) is 0 Å². The van der Waals surface area contributed by atoms with Gasteiger partial charge in [-0.05, 0) is 44.5 Å². The molecule has 1 aromatic carbocycles. The van der Waals surface area contributed by atoms with Crippen LogP contribution in [0.25, 0.3) is 5.69 Å². The Kier molecular flexibility index (Phi) is 5.23. The standard InChI is InChI=1S/C18H20N4O2S/c1-12-6-7-15(13(2)9-12)22-11-19-21-18(22)25-10-17(23)20-14(3)16-5-4-8-24-16/h4-9,11,14H,10H2,1-3H3,(H,20,23). The topological polar surface area (TPSA) is 73.0 Å². The largest absolute Gasteiger partial charge is 0.467 e. The quantitative estimate of drug-likeness (QED) is 0.685. The van der Waals surface area contributed by atoms with Crippen molar-refractivity contribution in [2.45, 2.75) is 32.0 Å². The lowest BCUT2D eigenvalue weighted by atomic mass is 10.1. The van der Waals surface area contributed by atoms with Crippen LogP contribution >= 0.6 is 11.8 Å². The number of nitrogens with zero attached hydrogens (tertiary/aromatic N) is 3. The van der Waals surface area contributed by atoms with Crippen LogP contribution < -0.4 is 5.32 Å². The van der Waals surface area contributed by atoms with E-state index in [1.807, 2.05) is 23.6 Å².